The van der Waals surface area contributed by atoms with Gasteiger partial charge in [0.25, 0.3) is 0 Å². The predicted molar refractivity (Wildman–Crippen MR) is 109 cm³/mol. The van der Waals surface area contributed by atoms with Crippen LogP contribution in [0.4, 0.5) is 5.00 Å². The lowest BCUT2D eigenvalue weighted by molar-refractivity contribution is -0.115. The summed E-state index contributed by atoms with van der Waals surface area (Å²) in [5.74, 6) is -0.458. The second-order valence-corrected chi connectivity index (χ2v) is 8.18. The summed E-state index contributed by atoms with van der Waals surface area (Å²) in [5, 5.41) is 3.59. The minimum Gasteiger partial charge on any atom is -0.462 e. The van der Waals surface area contributed by atoms with Crippen LogP contribution in [-0.2, 0) is 28.9 Å². The number of benzene rings is 1. The van der Waals surface area contributed by atoms with Gasteiger partial charge in [-0.2, -0.15) is 0 Å². The molecule has 0 spiro atoms. The average molecular weight is 387 g/mol. The van der Waals surface area contributed by atoms with Crippen molar-refractivity contribution in [1.82, 2.24) is 4.90 Å². The zero-order valence-electron chi connectivity index (χ0n) is 16.3. The Morgan fingerprint density at radius 2 is 2.07 bits per heavy atom. The van der Waals surface area contributed by atoms with Gasteiger partial charge >= 0.3 is 5.97 Å². The van der Waals surface area contributed by atoms with Crippen LogP contribution in [0.5, 0.6) is 0 Å². The lowest BCUT2D eigenvalue weighted by Crippen LogP contribution is -2.26. The number of carbonyl (C=O) groups is 2. The second kappa shape index (κ2) is 8.23. The fraction of sp³-hybridized carbons (Fsp3) is 0.429. The monoisotopic (exact) mass is 386 g/mol. The highest BCUT2D eigenvalue weighted by Crippen LogP contribution is 2.37. The van der Waals surface area contributed by atoms with E-state index in [4.69, 9.17) is 4.74 Å². The molecule has 6 heteroatoms. The number of rotatable bonds is 5. The van der Waals surface area contributed by atoms with Crippen molar-refractivity contribution in [3.05, 3.63) is 50.9 Å². The van der Waals surface area contributed by atoms with Gasteiger partial charge in [-0.1, -0.05) is 23.8 Å². The number of amides is 1. The Morgan fingerprint density at radius 1 is 1.30 bits per heavy atom. The molecule has 1 aliphatic rings. The Kier molecular flexibility index (Phi) is 5.97. The third-order valence-electron chi connectivity index (χ3n) is 4.83. The summed E-state index contributed by atoms with van der Waals surface area (Å²) in [6.45, 7) is 7.85. The van der Waals surface area contributed by atoms with Gasteiger partial charge < -0.3 is 15.0 Å². The zero-order chi connectivity index (χ0) is 19.6. The average Bonchev–Trinajstić information content (AvgIpc) is 2.94. The maximum atomic E-state index is 12.7. The molecule has 0 radical (unpaired) electrons. The summed E-state index contributed by atoms with van der Waals surface area (Å²) in [6, 6.07) is 6.08. The number of anilines is 1. The van der Waals surface area contributed by atoms with Crippen molar-refractivity contribution in [1.29, 1.82) is 0 Å². The van der Waals surface area contributed by atoms with Gasteiger partial charge in [-0.15, -0.1) is 11.3 Å². The fourth-order valence-corrected chi connectivity index (χ4v) is 4.76. The van der Waals surface area contributed by atoms with E-state index in [0.717, 1.165) is 41.1 Å². The minimum absolute atomic E-state index is 0.112. The summed E-state index contributed by atoms with van der Waals surface area (Å²) < 4.78 is 5.25. The number of nitrogens with zero attached hydrogens (tertiary/aromatic N) is 1. The second-order valence-electron chi connectivity index (χ2n) is 7.07. The van der Waals surface area contributed by atoms with Gasteiger partial charge in [-0.3, -0.25) is 4.79 Å². The van der Waals surface area contributed by atoms with Gasteiger partial charge in [0.2, 0.25) is 5.91 Å². The SMILES string of the molecule is CCOC(=O)c1c(NC(=O)Cc2ccc(C)cc2C)sc2c1CCN(C)C2. The zero-order valence-corrected chi connectivity index (χ0v) is 17.2. The maximum Gasteiger partial charge on any atom is 0.341 e. The van der Waals surface area contributed by atoms with Crippen molar-refractivity contribution < 1.29 is 14.3 Å². The van der Waals surface area contributed by atoms with Crippen LogP contribution in [-0.4, -0.2) is 37.0 Å². The molecular formula is C21H26N2O3S. The van der Waals surface area contributed by atoms with Crippen LogP contribution in [0.1, 0.15) is 44.4 Å². The van der Waals surface area contributed by atoms with Gasteiger partial charge in [-0.05, 0) is 50.9 Å². The normalized spacial score (nSPS) is 13.9. The Bertz CT molecular complexity index is 873. The van der Waals surface area contributed by atoms with E-state index in [9.17, 15) is 9.59 Å². The smallest absolute Gasteiger partial charge is 0.341 e. The maximum absolute atomic E-state index is 12.7. The third-order valence-corrected chi connectivity index (χ3v) is 5.96. The predicted octanol–water partition coefficient (Wildman–Crippen LogP) is 3.71. The lowest BCUT2D eigenvalue weighted by atomic mass is 10.0. The van der Waals surface area contributed by atoms with E-state index in [2.05, 4.69) is 23.3 Å². The largest absolute Gasteiger partial charge is 0.462 e. The van der Waals surface area contributed by atoms with Crippen LogP contribution >= 0.6 is 11.3 Å². The third kappa shape index (κ3) is 4.39. The number of hydrogen-bond donors (Lipinski definition) is 1. The van der Waals surface area contributed by atoms with Crippen molar-refractivity contribution >= 4 is 28.2 Å². The van der Waals surface area contributed by atoms with E-state index >= 15 is 0 Å². The van der Waals surface area contributed by atoms with Gasteiger partial charge in [0.1, 0.15) is 5.00 Å². The lowest BCUT2D eigenvalue weighted by Gasteiger charge is -2.22. The van der Waals surface area contributed by atoms with Crippen LogP contribution in [0.15, 0.2) is 18.2 Å². The molecule has 0 atom stereocenters. The molecule has 0 bridgehead atoms. The Labute approximate surface area is 164 Å². The van der Waals surface area contributed by atoms with Gasteiger partial charge in [0, 0.05) is 18.0 Å². The van der Waals surface area contributed by atoms with E-state index in [1.165, 1.54) is 16.9 Å². The van der Waals surface area contributed by atoms with Crippen molar-refractivity contribution in [2.75, 3.05) is 25.5 Å². The molecule has 5 nitrogen and oxygen atoms in total. The van der Waals surface area contributed by atoms with Crippen molar-refractivity contribution in [2.24, 2.45) is 0 Å². The van der Waals surface area contributed by atoms with Crippen LogP contribution in [0.25, 0.3) is 0 Å². The molecule has 0 unspecified atom stereocenters. The van der Waals surface area contributed by atoms with Crippen LogP contribution in [0.2, 0.25) is 0 Å². The number of likely N-dealkylation sites (N-methyl/N-ethyl adjacent to an activating group) is 1. The standard InChI is InChI=1S/C21H26N2O3S/c1-5-26-21(25)19-16-8-9-23(4)12-17(16)27-20(19)22-18(24)11-15-7-6-13(2)10-14(15)3/h6-7,10H,5,8-9,11-12H2,1-4H3,(H,22,24). The molecule has 144 valence electrons. The van der Waals surface area contributed by atoms with Crippen LogP contribution < -0.4 is 5.32 Å². The number of fused-ring (bicyclic) bond motifs is 1. The number of esters is 1. The molecule has 1 aliphatic heterocycles. The van der Waals surface area contributed by atoms with Gasteiger partial charge in [0.05, 0.1) is 18.6 Å². The first-order valence-electron chi connectivity index (χ1n) is 9.25. The number of ether oxygens (including phenoxy) is 1. The van der Waals surface area contributed by atoms with Gasteiger partial charge in [0.15, 0.2) is 0 Å². The number of thiophene rings is 1. The summed E-state index contributed by atoms with van der Waals surface area (Å²) in [7, 11) is 2.06. The quantitative estimate of drug-likeness (QED) is 0.796. The highest BCUT2D eigenvalue weighted by atomic mass is 32.1. The first-order chi connectivity index (χ1) is 12.9. The van der Waals surface area contributed by atoms with E-state index in [0.29, 0.717) is 17.2 Å². The van der Waals surface area contributed by atoms with Crippen molar-refractivity contribution in [3.8, 4) is 0 Å². The summed E-state index contributed by atoms with van der Waals surface area (Å²) in [5.41, 5.74) is 4.84. The minimum atomic E-state index is -0.346. The number of carbonyl (C=O) groups excluding carboxylic acids is 2. The van der Waals surface area contributed by atoms with Crippen molar-refractivity contribution in [2.45, 2.75) is 40.2 Å². The number of aryl methyl sites for hydroxylation is 2. The molecule has 0 saturated carbocycles. The number of hydrogen-bond acceptors (Lipinski definition) is 5. The van der Waals surface area contributed by atoms with Crippen LogP contribution in [0.3, 0.4) is 0 Å². The summed E-state index contributed by atoms with van der Waals surface area (Å²) in [6.07, 6.45) is 1.08. The molecule has 1 aromatic carbocycles. The molecule has 27 heavy (non-hydrogen) atoms. The molecule has 2 aromatic rings. The molecule has 1 amide bonds. The molecule has 2 heterocycles. The molecule has 0 fully saturated rings. The summed E-state index contributed by atoms with van der Waals surface area (Å²) in [4.78, 5) is 28.5. The summed E-state index contributed by atoms with van der Waals surface area (Å²) >= 11 is 1.49. The molecule has 0 aliphatic carbocycles. The van der Waals surface area contributed by atoms with Gasteiger partial charge in [-0.25, -0.2) is 4.79 Å². The molecule has 1 aromatic heterocycles. The van der Waals surface area contributed by atoms with E-state index in [1.807, 2.05) is 26.0 Å². The van der Waals surface area contributed by atoms with E-state index in [-0.39, 0.29) is 18.3 Å². The van der Waals surface area contributed by atoms with E-state index in [1.54, 1.807) is 6.92 Å². The Hall–Kier alpha value is -2.18. The molecule has 1 N–H and O–H groups in total. The molecular weight excluding hydrogens is 360 g/mol. The highest BCUT2D eigenvalue weighted by molar-refractivity contribution is 7.17. The number of nitrogens with one attached hydrogen (secondary N) is 1. The first-order valence-corrected chi connectivity index (χ1v) is 10.1. The van der Waals surface area contributed by atoms with E-state index < -0.39 is 0 Å². The van der Waals surface area contributed by atoms with Crippen molar-refractivity contribution in [3.63, 3.8) is 0 Å². The Morgan fingerprint density at radius 3 is 2.78 bits per heavy atom. The first kappa shape index (κ1) is 19.6. The Balaban J connectivity index is 1.84. The highest BCUT2D eigenvalue weighted by Gasteiger charge is 2.28. The fourth-order valence-electron chi connectivity index (χ4n) is 3.43. The molecule has 0 saturated heterocycles. The molecule has 3 rings (SSSR count). The van der Waals surface area contributed by atoms with Crippen LogP contribution in [0, 0.1) is 13.8 Å². The topological polar surface area (TPSA) is 58.6 Å².